The number of aryl methyl sites for hydroxylation is 1. The van der Waals surface area contributed by atoms with Crippen LogP contribution in [0, 0.1) is 6.92 Å². The smallest absolute Gasteiger partial charge is 0.238 e. The minimum atomic E-state index is 0.00429. The number of anilines is 1. The quantitative estimate of drug-likeness (QED) is 0.892. The van der Waals surface area contributed by atoms with Gasteiger partial charge in [-0.2, -0.15) is 0 Å². The Labute approximate surface area is 154 Å². The zero-order chi connectivity index (χ0) is 18.7. The van der Waals surface area contributed by atoms with Crippen molar-refractivity contribution in [1.29, 1.82) is 0 Å². The Morgan fingerprint density at radius 1 is 1.15 bits per heavy atom. The number of nitrogens with zero attached hydrogens (tertiary/aromatic N) is 1. The normalized spacial score (nSPS) is 16.7. The first-order valence-electron chi connectivity index (χ1n) is 8.87. The van der Waals surface area contributed by atoms with Crippen LogP contribution >= 0.6 is 0 Å². The molecule has 138 valence electrons. The van der Waals surface area contributed by atoms with E-state index in [1.165, 1.54) is 16.7 Å². The molecule has 0 saturated heterocycles. The molecular weight excluding hydrogens is 328 g/mol. The number of fused-ring (bicyclic) bond motifs is 1. The molecule has 0 aromatic heterocycles. The Kier molecular flexibility index (Phi) is 5.47. The number of hydrogen-bond donors (Lipinski definition) is 1. The largest absolute Gasteiger partial charge is 0.493 e. The summed E-state index contributed by atoms with van der Waals surface area (Å²) in [5.41, 5.74) is 4.45. The fourth-order valence-corrected chi connectivity index (χ4v) is 3.43. The number of methoxy groups -OCH3 is 2. The summed E-state index contributed by atoms with van der Waals surface area (Å²) in [6, 6.07) is 12.1. The Balaban J connectivity index is 1.71. The molecule has 26 heavy (non-hydrogen) atoms. The van der Waals surface area contributed by atoms with Crippen molar-refractivity contribution < 1.29 is 14.3 Å². The molecule has 1 N–H and O–H groups in total. The number of rotatable bonds is 5. The zero-order valence-electron chi connectivity index (χ0n) is 15.8. The molecule has 5 heteroatoms. The third-order valence-electron chi connectivity index (χ3n) is 4.99. The molecule has 0 unspecified atom stereocenters. The minimum absolute atomic E-state index is 0.00429. The van der Waals surface area contributed by atoms with Crippen LogP contribution in [0.4, 0.5) is 5.69 Å². The summed E-state index contributed by atoms with van der Waals surface area (Å²) >= 11 is 0. The summed E-state index contributed by atoms with van der Waals surface area (Å²) in [4.78, 5) is 14.6. The predicted molar refractivity (Wildman–Crippen MR) is 103 cm³/mol. The molecule has 1 aliphatic rings. The van der Waals surface area contributed by atoms with Crippen LogP contribution in [-0.2, 0) is 11.2 Å². The maximum Gasteiger partial charge on any atom is 0.238 e. The van der Waals surface area contributed by atoms with Crippen molar-refractivity contribution in [2.24, 2.45) is 0 Å². The van der Waals surface area contributed by atoms with E-state index in [1.54, 1.807) is 14.2 Å². The van der Waals surface area contributed by atoms with Crippen molar-refractivity contribution in [3.05, 3.63) is 53.1 Å². The van der Waals surface area contributed by atoms with Gasteiger partial charge in [0.15, 0.2) is 11.5 Å². The lowest BCUT2D eigenvalue weighted by Gasteiger charge is -2.35. The van der Waals surface area contributed by atoms with Crippen LogP contribution in [0.2, 0.25) is 0 Å². The average molecular weight is 354 g/mol. The van der Waals surface area contributed by atoms with Crippen LogP contribution in [0.3, 0.4) is 0 Å². The second-order valence-electron chi connectivity index (χ2n) is 6.72. The summed E-state index contributed by atoms with van der Waals surface area (Å²) < 4.78 is 10.8. The van der Waals surface area contributed by atoms with Crippen LogP contribution in [0.15, 0.2) is 36.4 Å². The van der Waals surface area contributed by atoms with Gasteiger partial charge in [-0.3, -0.25) is 9.69 Å². The van der Waals surface area contributed by atoms with E-state index in [2.05, 4.69) is 17.1 Å². The first kappa shape index (κ1) is 18.3. The number of amides is 1. The summed E-state index contributed by atoms with van der Waals surface area (Å²) in [6.07, 6.45) is 0.887. The molecule has 0 radical (unpaired) electrons. The number of ether oxygens (including phenoxy) is 2. The standard InChI is InChI=1S/C21H26N2O3/c1-14-5-7-17(8-6-14)22-21(24)13-23-10-9-16-11-19(25-3)20(26-4)12-18(16)15(23)2/h5-8,11-12,15H,9-10,13H2,1-4H3,(H,22,24)/t15-/m0/s1. The monoisotopic (exact) mass is 354 g/mol. The molecule has 1 amide bonds. The van der Waals surface area contributed by atoms with E-state index >= 15 is 0 Å². The molecule has 1 atom stereocenters. The van der Waals surface area contributed by atoms with Gasteiger partial charge >= 0.3 is 0 Å². The number of hydrogen-bond acceptors (Lipinski definition) is 4. The second-order valence-corrected chi connectivity index (χ2v) is 6.72. The van der Waals surface area contributed by atoms with Gasteiger partial charge in [0, 0.05) is 18.3 Å². The molecule has 0 spiro atoms. The van der Waals surface area contributed by atoms with E-state index in [4.69, 9.17) is 9.47 Å². The molecule has 1 aliphatic heterocycles. The number of carbonyl (C=O) groups excluding carboxylic acids is 1. The third-order valence-corrected chi connectivity index (χ3v) is 4.99. The summed E-state index contributed by atoms with van der Waals surface area (Å²) in [7, 11) is 3.29. The molecule has 0 fully saturated rings. The topological polar surface area (TPSA) is 50.8 Å². The van der Waals surface area contributed by atoms with E-state index in [0.29, 0.717) is 6.54 Å². The first-order chi connectivity index (χ1) is 12.5. The lowest BCUT2D eigenvalue weighted by atomic mass is 9.93. The van der Waals surface area contributed by atoms with E-state index in [-0.39, 0.29) is 11.9 Å². The third kappa shape index (κ3) is 3.83. The molecule has 0 saturated carbocycles. The van der Waals surface area contributed by atoms with Crippen molar-refractivity contribution in [3.8, 4) is 11.5 Å². The lowest BCUT2D eigenvalue weighted by molar-refractivity contribution is -0.117. The Hall–Kier alpha value is -2.53. The van der Waals surface area contributed by atoms with Crippen LogP contribution in [0.5, 0.6) is 11.5 Å². The van der Waals surface area contributed by atoms with Gasteiger partial charge in [0.25, 0.3) is 0 Å². The van der Waals surface area contributed by atoms with Gasteiger partial charge in [-0.1, -0.05) is 17.7 Å². The van der Waals surface area contributed by atoms with Crippen LogP contribution in [0.1, 0.15) is 29.7 Å². The first-order valence-corrected chi connectivity index (χ1v) is 8.87. The number of nitrogens with one attached hydrogen (secondary N) is 1. The fourth-order valence-electron chi connectivity index (χ4n) is 3.43. The molecular formula is C21H26N2O3. The highest BCUT2D eigenvalue weighted by molar-refractivity contribution is 5.92. The van der Waals surface area contributed by atoms with Crippen molar-refractivity contribution in [1.82, 2.24) is 4.90 Å². The van der Waals surface area contributed by atoms with E-state index < -0.39 is 0 Å². The number of carbonyl (C=O) groups is 1. The zero-order valence-corrected chi connectivity index (χ0v) is 15.8. The molecule has 2 aromatic carbocycles. The van der Waals surface area contributed by atoms with Gasteiger partial charge in [-0.15, -0.1) is 0 Å². The molecule has 0 bridgehead atoms. The van der Waals surface area contributed by atoms with Gasteiger partial charge in [0.2, 0.25) is 5.91 Å². The maximum absolute atomic E-state index is 12.4. The SMILES string of the molecule is COc1cc2c(cc1OC)[C@H](C)N(CC(=O)Nc1ccc(C)cc1)CC2. The van der Waals surface area contributed by atoms with Gasteiger partial charge < -0.3 is 14.8 Å². The Morgan fingerprint density at radius 3 is 2.46 bits per heavy atom. The van der Waals surface area contributed by atoms with Crippen LogP contribution in [-0.4, -0.2) is 38.1 Å². The second kappa shape index (κ2) is 7.79. The van der Waals surface area contributed by atoms with Gasteiger partial charge in [-0.05, 0) is 55.7 Å². The van der Waals surface area contributed by atoms with Crippen molar-refractivity contribution in [2.45, 2.75) is 26.3 Å². The number of benzene rings is 2. The molecule has 3 rings (SSSR count). The summed E-state index contributed by atoms with van der Waals surface area (Å²) in [5.74, 6) is 1.48. The summed E-state index contributed by atoms with van der Waals surface area (Å²) in [5, 5.41) is 2.98. The highest BCUT2D eigenvalue weighted by Crippen LogP contribution is 2.37. The predicted octanol–water partition coefficient (Wildman–Crippen LogP) is 3.57. The Morgan fingerprint density at radius 2 is 1.81 bits per heavy atom. The van der Waals surface area contributed by atoms with E-state index in [9.17, 15) is 4.79 Å². The van der Waals surface area contributed by atoms with Gasteiger partial charge in [0.05, 0.1) is 20.8 Å². The van der Waals surface area contributed by atoms with Crippen LogP contribution in [0.25, 0.3) is 0 Å². The summed E-state index contributed by atoms with van der Waals surface area (Å²) in [6.45, 7) is 5.36. The van der Waals surface area contributed by atoms with Crippen LogP contribution < -0.4 is 14.8 Å². The minimum Gasteiger partial charge on any atom is -0.493 e. The Bertz CT molecular complexity index is 787. The van der Waals surface area contributed by atoms with E-state index in [0.717, 1.165) is 30.2 Å². The highest BCUT2D eigenvalue weighted by atomic mass is 16.5. The highest BCUT2D eigenvalue weighted by Gasteiger charge is 2.27. The lowest BCUT2D eigenvalue weighted by Crippen LogP contribution is -2.39. The van der Waals surface area contributed by atoms with Gasteiger partial charge in [-0.25, -0.2) is 0 Å². The van der Waals surface area contributed by atoms with Gasteiger partial charge in [0.1, 0.15) is 0 Å². The van der Waals surface area contributed by atoms with Crippen molar-refractivity contribution in [2.75, 3.05) is 32.6 Å². The average Bonchev–Trinajstić information content (AvgIpc) is 2.65. The van der Waals surface area contributed by atoms with Crippen molar-refractivity contribution in [3.63, 3.8) is 0 Å². The molecule has 2 aromatic rings. The molecule has 1 heterocycles. The van der Waals surface area contributed by atoms with E-state index in [1.807, 2.05) is 43.3 Å². The molecule has 0 aliphatic carbocycles. The van der Waals surface area contributed by atoms with Crippen molar-refractivity contribution >= 4 is 11.6 Å². The fraction of sp³-hybridized carbons (Fsp3) is 0.381. The maximum atomic E-state index is 12.4. The molecule has 5 nitrogen and oxygen atoms in total.